The minimum absolute atomic E-state index is 0.0255. The largest absolute Gasteiger partial charge is 0.489 e. The smallest absolute Gasteiger partial charge is 0.123 e. The lowest BCUT2D eigenvalue weighted by molar-refractivity contribution is 0.280. The molecule has 0 spiro atoms. The zero-order chi connectivity index (χ0) is 24.1. The molecular weight excluding hydrogens is 406 g/mol. The molecule has 1 unspecified atom stereocenters. The molecule has 0 radical (unpaired) electrons. The summed E-state index contributed by atoms with van der Waals surface area (Å²) in [5, 5.41) is 13.2. The number of aliphatic hydroxyl groups excluding tert-OH is 1. The second-order valence-corrected chi connectivity index (χ2v) is 9.40. The highest BCUT2D eigenvalue weighted by molar-refractivity contribution is 5.44. The van der Waals surface area contributed by atoms with Crippen molar-refractivity contribution in [3.8, 4) is 5.75 Å². The first-order valence-electron chi connectivity index (χ1n) is 12.1. The second kappa shape index (κ2) is 14.5. The van der Waals surface area contributed by atoms with Gasteiger partial charge in [-0.15, -0.1) is 0 Å². The third-order valence-corrected chi connectivity index (χ3v) is 5.06. The van der Waals surface area contributed by atoms with Crippen LogP contribution in [0.2, 0.25) is 0 Å². The molecule has 1 atom stereocenters. The number of ether oxygens (including phenoxy) is 1. The van der Waals surface area contributed by atoms with Crippen molar-refractivity contribution in [2.45, 2.75) is 66.2 Å². The molecule has 178 valence electrons. The summed E-state index contributed by atoms with van der Waals surface area (Å²) in [5.74, 6) is 1.91. The maximum Gasteiger partial charge on any atom is 0.123 e. The molecular formula is C30H41NO2. The van der Waals surface area contributed by atoms with E-state index < -0.39 is 0 Å². The Hall–Kier alpha value is -2.62. The second-order valence-electron chi connectivity index (χ2n) is 9.40. The molecule has 0 fully saturated rings. The molecule has 0 aliphatic carbocycles. The van der Waals surface area contributed by atoms with Crippen LogP contribution >= 0.6 is 0 Å². The van der Waals surface area contributed by atoms with Gasteiger partial charge in [0.05, 0.1) is 6.61 Å². The summed E-state index contributed by atoms with van der Waals surface area (Å²) in [6, 6.07) is 27.2. The van der Waals surface area contributed by atoms with Gasteiger partial charge in [-0.3, -0.25) is 0 Å². The van der Waals surface area contributed by atoms with Gasteiger partial charge in [0.25, 0.3) is 0 Å². The van der Waals surface area contributed by atoms with Gasteiger partial charge in [0, 0.05) is 17.5 Å². The molecule has 0 saturated heterocycles. The minimum atomic E-state index is 0.0255. The van der Waals surface area contributed by atoms with Gasteiger partial charge in [0.15, 0.2) is 0 Å². The Balaban J connectivity index is 0.000000890. The highest BCUT2D eigenvalue weighted by atomic mass is 16.5. The Morgan fingerprint density at radius 3 is 1.97 bits per heavy atom. The van der Waals surface area contributed by atoms with Gasteiger partial charge in [-0.1, -0.05) is 101 Å². The predicted octanol–water partition coefficient (Wildman–Crippen LogP) is 6.94. The lowest BCUT2D eigenvalue weighted by Crippen LogP contribution is -2.25. The van der Waals surface area contributed by atoms with E-state index >= 15 is 0 Å². The standard InChI is InChI=1S/C26H31NO2.C4H10/c1-20(2)27-16-15-24(23-11-7-4-8-12-23)25-17-22(18-28)13-14-26(25)29-19-21-9-5-3-6-10-21;1-4(2)3/h3-14,17,20,24,27-28H,15-16,18-19H2,1-2H3;4H,1-3H3. The van der Waals surface area contributed by atoms with E-state index in [2.05, 4.69) is 82.4 Å². The van der Waals surface area contributed by atoms with E-state index in [0.717, 1.165) is 41.3 Å². The minimum Gasteiger partial charge on any atom is -0.489 e. The van der Waals surface area contributed by atoms with Crippen molar-refractivity contribution in [2.75, 3.05) is 6.54 Å². The van der Waals surface area contributed by atoms with Crippen LogP contribution in [-0.4, -0.2) is 17.7 Å². The van der Waals surface area contributed by atoms with Crippen LogP contribution in [0.3, 0.4) is 0 Å². The molecule has 3 aromatic carbocycles. The maximum atomic E-state index is 9.71. The summed E-state index contributed by atoms with van der Waals surface area (Å²) < 4.78 is 6.25. The number of aliphatic hydroxyl groups is 1. The molecule has 3 heteroatoms. The van der Waals surface area contributed by atoms with E-state index in [1.165, 1.54) is 5.56 Å². The summed E-state index contributed by atoms with van der Waals surface area (Å²) in [5.41, 5.74) is 4.44. The molecule has 3 nitrogen and oxygen atoms in total. The SMILES string of the molecule is CC(C)C.CC(C)NCCC(c1ccccc1)c1cc(CO)ccc1OCc1ccccc1. The van der Waals surface area contributed by atoms with Crippen molar-refractivity contribution in [1.82, 2.24) is 5.32 Å². The highest BCUT2D eigenvalue weighted by Gasteiger charge is 2.19. The lowest BCUT2D eigenvalue weighted by Gasteiger charge is -2.23. The monoisotopic (exact) mass is 447 g/mol. The summed E-state index contributed by atoms with van der Waals surface area (Å²) in [6.45, 7) is 12.3. The zero-order valence-electron chi connectivity index (χ0n) is 20.9. The molecule has 0 heterocycles. The molecule has 0 saturated carbocycles. The van der Waals surface area contributed by atoms with Gasteiger partial charge in [-0.25, -0.2) is 0 Å². The van der Waals surface area contributed by atoms with E-state index in [0.29, 0.717) is 12.6 Å². The fourth-order valence-corrected chi connectivity index (χ4v) is 3.54. The maximum absolute atomic E-state index is 9.71. The van der Waals surface area contributed by atoms with Crippen LogP contribution in [-0.2, 0) is 13.2 Å². The molecule has 0 aliphatic rings. The van der Waals surface area contributed by atoms with Crippen LogP contribution < -0.4 is 10.1 Å². The molecule has 3 aromatic rings. The fraction of sp³-hybridized carbons (Fsp3) is 0.400. The van der Waals surface area contributed by atoms with Crippen molar-refractivity contribution in [3.05, 3.63) is 101 Å². The molecule has 2 N–H and O–H groups in total. The van der Waals surface area contributed by atoms with Gasteiger partial charge in [0.1, 0.15) is 12.4 Å². The normalized spacial score (nSPS) is 11.8. The number of nitrogens with one attached hydrogen (secondary N) is 1. The number of hydrogen-bond donors (Lipinski definition) is 2. The number of benzene rings is 3. The Morgan fingerprint density at radius 1 is 0.788 bits per heavy atom. The Kier molecular flexibility index (Phi) is 11.7. The molecule has 33 heavy (non-hydrogen) atoms. The molecule has 3 rings (SSSR count). The van der Waals surface area contributed by atoms with Gasteiger partial charge >= 0.3 is 0 Å². The quantitative estimate of drug-likeness (QED) is 0.354. The van der Waals surface area contributed by atoms with Crippen LogP contribution in [0, 0.1) is 5.92 Å². The molecule has 0 bridgehead atoms. The topological polar surface area (TPSA) is 41.5 Å². The van der Waals surface area contributed by atoms with Crippen LogP contribution in [0.25, 0.3) is 0 Å². The van der Waals surface area contributed by atoms with Crippen molar-refractivity contribution in [3.63, 3.8) is 0 Å². The first kappa shape index (κ1) is 26.6. The molecule has 0 amide bonds. The molecule has 0 aliphatic heterocycles. The van der Waals surface area contributed by atoms with Gasteiger partial charge in [-0.2, -0.15) is 0 Å². The van der Waals surface area contributed by atoms with E-state index in [1.807, 2.05) is 36.4 Å². The average Bonchev–Trinajstić information content (AvgIpc) is 2.81. The van der Waals surface area contributed by atoms with Crippen LogP contribution in [0.4, 0.5) is 0 Å². The Morgan fingerprint density at radius 2 is 1.39 bits per heavy atom. The molecule has 0 aromatic heterocycles. The van der Waals surface area contributed by atoms with Crippen LogP contribution in [0.1, 0.15) is 69.2 Å². The van der Waals surface area contributed by atoms with Gasteiger partial charge < -0.3 is 15.2 Å². The average molecular weight is 448 g/mol. The van der Waals surface area contributed by atoms with E-state index in [9.17, 15) is 5.11 Å². The zero-order valence-corrected chi connectivity index (χ0v) is 20.9. The fourth-order valence-electron chi connectivity index (χ4n) is 3.54. The van der Waals surface area contributed by atoms with Crippen molar-refractivity contribution in [1.29, 1.82) is 0 Å². The van der Waals surface area contributed by atoms with E-state index in [4.69, 9.17) is 4.74 Å². The van der Waals surface area contributed by atoms with Gasteiger partial charge in [0.2, 0.25) is 0 Å². The van der Waals surface area contributed by atoms with Crippen LogP contribution in [0.15, 0.2) is 78.9 Å². The van der Waals surface area contributed by atoms with Gasteiger partial charge in [-0.05, 0) is 47.7 Å². The van der Waals surface area contributed by atoms with Crippen LogP contribution in [0.5, 0.6) is 5.75 Å². The third kappa shape index (κ3) is 9.81. The van der Waals surface area contributed by atoms with Crippen molar-refractivity contribution in [2.24, 2.45) is 5.92 Å². The Bertz CT molecular complexity index is 904. The van der Waals surface area contributed by atoms with E-state index in [-0.39, 0.29) is 12.5 Å². The Labute approximate surface area is 200 Å². The summed E-state index contributed by atoms with van der Waals surface area (Å²) in [7, 11) is 0. The van der Waals surface area contributed by atoms with Crippen molar-refractivity contribution < 1.29 is 9.84 Å². The predicted molar refractivity (Wildman–Crippen MR) is 140 cm³/mol. The first-order valence-corrected chi connectivity index (χ1v) is 12.1. The summed E-state index contributed by atoms with van der Waals surface area (Å²) >= 11 is 0. The summed E-state index contributed by atoms with van der Waals surface area (Å²) in [6.07, 6.45) is 0.957. The highest BCUT2D eigenvalue weighted by Crippen LogP contribution is 2.35. The summed E-state index contributed by atoms with van der Waals surface area (Å²) in [4.78, 5) is 0. The van der Waals surface area contributed by atoms with E-state index in [1.54, 1.807) is 0 Å². The third-order valence-electron chi connectivity index (χ3n) is 5.06. The number of hydrogen-bond acceptors (Lipinski definition) is 3. The lowest BCUT2D eigenvalue weighted by atomic mass is 9.87. The van der Waals surface area contributed by atoms with Crippen molar-refractivity contribution >= 4 is 0 Å². The number of rotatable bonds is 10. The first-order chi connectivity index (χ1) is 15.9.